The van der Waals surface area contributed by atoms with E-state index in [1.165, 1.54) is 23.1 Å². The molecule has 144 valence electrons. The maximum Gasteiger partial charge on any atom is 0.341 e. The van der Waals surface area contributed by atoms with Crippen molar-refractivity contribution < 1.29 is 26.7 Å². The summed E-state index contributed by atoms with van der Waals surface area (Å²) in [6.45, 7) is 2.29. The zero-order valence-corrected chi connectivity index (χ0v) is 15.2. The molecule has 1 aliphatic rings. The van der Waals surface area contributed by atoms with E-state index in [1.54, 1.807) is 19.1 Å². The van der Waals surface area contributed by atoms with Crippen LogP contribution in [-0.4, -0.2) is 54.4 Å². The molecule has 1 aromatic carbocycles. The Balaban J connectivity index is 1.75. The molecule has 2 aromatic rings. The number of alkyl halides is 2. The van der Waals surface area contributed by atoms with Gasteiger partial charge >= 0.3 is 5.76 Å². The molecule has 2 heterocycles. The van der Waals surface area contributed by atoms with Gasteiger partial charge in [0, 0.05) is 19.0 Å². The van der Waals surface area contributed by atoms with E-state index in [0.717, 1.165) is 11.8 Å². The van der Waals surface area contributed by atoms with Crippen molar-refractivity contribution >= 4 is 15.7 Å². The normalized spacial score (nSPS) is 17.3. The predicted octanol–water partition coefficient (Wildman–Crippen LogP) is 2.07. The minimum absolute atomic E-state index is 0.192. The molecular formula is C17H17F2N3O4S. The lowest BCUT2D eigenvalue weighted by molar-refractivity contribution is 0.0767. The summed E-state index contributed by atoms with van der Waals surface area (Å²) in [5, 5.41) is 7.78. The van der Waals surface area contributed by atoms with E-state index >= 15 is 0 Å². The second-order valence-corrected chi connectivity index (χ2v) is 7.98. The van der Waals surface area contributed by atoms with Crippen LogP contribution < -0.4 is 4.74 Å². The van der Waals surface area contributed by atoms with Gasteiger partial charge in [0.25, 0.3) is 5.91 Å². The molecule has 1 unspecified atom stereocenters. The van der Waals surface area contributed by atoms with E-state index in [-0.39, 0.29) is 18.2 Å². The van der Waals surface area contributed by atoms with Gasteiger partial charge in [-0.1, -0.05) is 12.1 Å². The maximum absolute atomic E-state index is 12.9. The molecule has 27 heavy (non-hydrogen) atoms. The van der Waals surface area contributed by atoms with Gasteiger partial charge in [0.2, 0.25) is 15.7 Å². The van der Waals surface area contributed by atoms with Gasteiger partial charge in [-0.25, -0.2) is 8.42 Å². The third kappa shape index (κ3) is 4.05. The van der Waals surface area contributed by atoms with Crippen LogP contribution in [0.4, 0.5) is 8.78 Å². The lowest BCUT2D eigenvalue weighted by Crippen LogP contribution is -2.32. The molecule has 7 nitrogen and oxygen atoms in total. The molecule has 0 radical (unpaired) electrons. The Morgan fingerprint density at radius 3 is 2.63 bits per heavy atom. The highest BCUT2D eigenvalue weighted by molar-refractivity contribution is 7.91. The molecule has 1 atom stereocenters. The number of hydrogen-bond donors (Lipinski definition) is 0. The summed E-state index contributed by atoms with van der Waals surface area (Å²) in [5.41, 5.74) is 0.469. The van der Waals surface area contributed by atoms with Crippen LogP contribution in [0.15, 0.2) is 41.3 Å². The van der Waals surface area contributed by atoms with E-state index in [1.807, 2.05) is 0 Å². The second kappa shape index (κ2) is 7.55. The summed E-state index contributed by atoms with van der Waals surface area (Å²) in [5.74, 6) is -3.90. The lowest BCUT2D eigenvalue weighted by atomic mass is 10.2. The van der Waals surface area contributed by atoms with Crippen molar-refractivity contribution in [3.63, 3.8) is 0 Å². The Hall–Kier alpha value is -2.62. The predicted molar refractivity (Wildman–Crippen MR) is 91.3 cm³/mol. The van der Waals surface area contributed by atoms with Gasteiger partial charge in [0.1, 0.15) is 6.10 Å². The molecule has 0 bridgehead atoms. The van der Waals surface area contributed by atoms with Crippen LogP contribution >= 0.6 is 0 Å². The van der Waals surface area contributed by atoms with Crippen LogP contribution in [-0.2, 0) is 9.84 Å². The number of nitrogens with zero attached hydrogens (tertiary/aromatic N) is 3. The molecule has 0 N–H and O–H groups in total. The lowest BCUT2D eigenvalue weighted by Gasteiger charge is -2.18. The van der Waals surface area contributed by atoms with Crippen LogP contribution in [0.1, 0.15) is 22.5 Å². The average Bonchev–Trinajstić information content (AvgIpc) is 3.11. The van der Waals surface area contributed by atoms with E-state index in [2.05, 4.69) is 10.2 Å². The highest BCUT2D eigenvalue weighted by Crippen LogP contribution is 2.25. The number of aryl methyl sites for hydroxylation is 1. The maximum atomic E-state index is 12.9. The van der Waals surface area contributed by atoms with Gasteiger partial charge in [-0.3, -0.25) is 4.79 Å². The largest absolute Gasteiger partial charge is 0.471 e. The quantitative estimate of drug-likeness (QED) is 0.767. The number of sulfone groups is 1. The third-order valence-electron chi connectivity index (χ3n) is 4.15. The van der Waals surface area contributed by atoms with Crippen molar-refractivity contribution in [3.05, 3.63) is 47.7 Å². The highest BCUT2D eigenvalue weighted by atomic mass is 32.2. The molecule has 1 saturated heterocycles. The second-order valence-electron chi connectivity index (χ2n) is 6.09. The van der Waals surface area contributed by atoms with Crippen molar-refractivity contribution in [1.82, 2.24) is 15.1 Å². The van der Waals surface area contributed by atoms with Crippen molar-refractivity contribution in [2.24, 2.45) is 0 Å². The first-order chi connectivity index (χ1) is 12.8. The molecule has 3 rings (SSSR count). The van der Waals surface area contributed by atoms with Gasteiger partial charge in [-0.15, -0.1) is 5.10 Å². The number of carbonyl (C=O) groups excluding carboxylic acids is 1. The highest BCUT2D eigenvalue weighted by Gasteiger charge is 2.34. The summed E-state index contributed by atoms with van der Waals surface area (Å²) < 4.78 is 55.2. The Bertz CT molecular complexity index is 935. The third-order valence-corrected chi connectivity index (χ3v) is 5.59. The molecular weight excluding hydrogens is 380 g/mol. The van der Waals surface area contributed by atoms with Crippen molar-refractivity contribution in [2.45, 2.75) is 30.1 Å². The van der Waals surface area contributed by atoms with Crippen molar-refractivity contribution in [1.29, 1.82) is 0 Å². The number of carbonyl (C=O) groups is 1. The van der Waals surface area contributed by atoms with E-state index in [9.17, 15) is 22.0 Å². The van der Waals surface area contributed by atoms with Gasteiger partial charge < -0.3 is 9.64 Å². The minimum Gasteiger partial charge on any atom is -0.471 e. The molecule has 1 amide bonds. The number of ether oxygens (including phenoxy) is 1. The Labute approximate surface area is 154 Å². The smallest absolute Gasteiger partial charge is 0.341 e. The van der Waals surface area contributed by atoms with E-state index < -0.39 is 26.4 Å². The molecule has 1 fully saturated rings. The number of halogens is 2. The van der Waals surface area contributed by atoms with Crippen molar-refractivity contribution in [3.8, 4) is 5.88 Å². The number of benzene rings is 1. The number of amides is 1. The van der Waals surface area contributed by atoms with Crippen LogP contribution in [0.5, 0.6) is 5.88 Å². The number of aromatic nitrogens is 2. The van der Waals surface area contributed by atoms with Gasteiger partial charge in [0.05, 0.1) is 22.7 Å². The molecule has 1 aliphatic heterocycles. The Morgan fingerprint density at radius 1 is 1.22 bits per heavy atom. The minimum atomic E-state index is -4.88. The molecule has 1 aromatic heterocycles. The number of hydrogen-bond acceptors (Lipinski definition) is 6. The molecule has 10 heteroatoms. The molecule has 0 aliphatic carbocycles. The van der Waals surface area contributed by atoms with E-state index in [4.69, 9.17) is 4.74 Å². The summed E-state index contributed by atoms with van der Waals surface area (Å²) >= 11 is 0. The fourth-order valence-corrected chi connectivity index (χ4v) is 3.71. The van der Waals surface area contributed by atoms with Gasteiger partial charge in [-0.2, -0.15) is 13.9 Å². The van der Waals surface area contributed by atoms with Crippen LogP contribution in [0.25, 0.3) is 0 Å². The van der Waals surface area contributed by atoms with Gasteiger partial charge in [0.15, 0.2) is 0 Å². The Morgan fingerprint density at radius 2 is 1.96 bits per heavy atom. The van der Waals surface area contributed by atoms with Crippen molar-refractivity contribution in [2.75, 3.05) is 13.1 Å². The summed E-state index contributed by atoms with van der Waals surface area (Å²) in [6, 6.07) is 8.39. The zero-order chi connectivity index (χ0) is 19.6. The monoisotopic (exact) mass is 397 g/mol. The fourth-order valence-electron chi connectivity index (χ4n) is 2.79. The standard InChI is InChI=1S/C17H17F2N3O4S/c1-11-6-7-15(21-20-11)26-12-8-9-22(10-12)16(23)13-4-2-3-5-14(13)27(24,25)17(18)19/h2-7,12,17H,8-10H2,1H3. The molecule has 0 spiro atoms. The van der Waals surface area contributed by atoms with Crippen LogP contribution in [0.2, 0.25) is 0 Å². The molecule has 0 saturated carbocycles. The van der Waals surface area contributed by atoms with Crippen LogP contribution in [0, 0.1) is 6.92 Å². The fraction of sp³-hybridized carbons (Fsp3) is 0.353. The summed E-state index contributed by atoms with van der Waals surface area (Å²) in [4.78, 5) is 13.4. The van der Waals surface area contributed by atoms with E-state index in [0.29, 0.717) is 18.8 Å². The van der Waals surface area contributed by atoms with Gasteiger partial charge in [-0.05, 0) is 25.1 Å². The first-order valence-corrected chi connectivity index (χ1v) is 9.71. The Kier molecular flexibility index (Phi) is 5.36. The van der Waals surface area contributed by atoms with Crippen LogP contribution in [0.3, 0.4) is 0 Å². The SMILES string of the molecule is Cc1ccc(OC2CCN(C(=O)c3ccccc3S(=O)(=O)C(F)F)C2)nn1. The summed E-state index contributed by atoms with van der Waals surface area (Å²) in [7, 11) is -4.88. The first kappa shape index (κ1) is 19.2. The first-order valence-electron chi connectivity index (χ1n) is 8.16. The topological polar surface area (TPSA) is 89.5 Å². The average molecular weight is 397 g/mol. The summed E-state index contributed by atoms with van der Waals surface area (Å²) in [6.07, 6.45) is 0.162. The zero-order valence-electron chi connectivity index (χ0n) is 14.4. The number of rotatable bonds is 5. The number of likely N-dealkylation sites (tertiary alicyclic amines) is 1.